The molecule has 1 aromatic carbocycles. The van der Waals surface area contributed by atoms with E-state index in [9.17, 15) is 9.59 Å². The topological polar surface area (TPSA) is 46.6 Å². The van der Waals surface area contributed by atoms with Crippen molar-refractivity contribution in [3.05, 3.63) is 35.4 Å². The van der Waals surface area contributed by atoms with E-state index in [0.29, 0.717) is 11.1 Å². The molecule has 0 atom stereocenters. The smallest absolute Gasteiger partial charge is 0.338 e. The van der Waals surface area contributed by atoms with Crippen LogP contribution in [-0.2, 0) is 14.9 Å². The molecule has 0 spiro atoms. The van der Waals surface area contributed by atoms with Gasteiger partial charge < -0.3 is 9.64 Å². The van der Waals surface area contributed by atoms with Crippen LogP contribution in [0.5, 0.6) is 0 Å². The summed E-state index contributed by atoms with van der Waals surface area (Å²) in [5, 5.41) is 0. The zero-order chi connectivity index (χ0) is 14.4. The molecule has 0 radical (unpaired) electrons. The molecule has 0 N–H and O–H groups in total. The Morgan fingerprint density at radius 2 is 2.05 bits per heavy atom. The Balaban J connectivity index is 2.72. The molecule has 4 nitrogen and oxygen atoms in total. The summed E-state index contributed by atoms with van der Waals surface area (Å²) in [5.74, 6) is -0.414. The number of esters is 1. The Morgan fingerprint density at radius 3 is 2.58 bits per heavy atom. The average Bonchev–Trinajstić information content (AvgIpc) is 2.58. The summed E-state index contributed by atoms with van der Waals surface area (Å²) in [5.41, 5.74) is 2.18. The van der Waals surface area contributed by atoms with Gasteiger partial charge in [0.15, 0.2) is 0 Å². The molecule has 1 amide bonds. The second-order valence-electron chi connectivity index (χ2n) is 5.14. The summed E-state index contributed by atoms with van der Waals surface area (Å²) in [6, 6.07) is 3.54. The van der Waals surface area contributed by atoms with Gasteiger partial charge in [-0.3, -0.25) is 4.79 Å². The highest BCUT2D eigenvalue weighted by molar-refractivity contribution is 6.09. The molecule has 0 unspecified atom stereocenters. The molecule has 0 bridgehead atoms. The van der Waals surface area contributed by atoms with Crippen molar-refractivity contribution in [1.29, 1.82) is 0 Å². The van der Waals surface area contributed by atoms with Crippen LogP contribution in [0.15, 0.2) is 18.7 Å². The molecule has 19 heavy (non-hydrogen) atoms. The second-order valence-corrected chi connectivity index (χ2v) is 5.14. The number of amides is 1. The fraction of sp³-hybridized carbons (Fsp3) is 0.333. The molecule has 0 fully saturated rings. The number of carbonyl (C=O) groups is 2. The van der Waals surface area contributed by atoms with E-state index in [-0.39, 0.29) is 5.91 Å². The minimum Gasteiger partial charge on any atom is -0.465 e. The lowest BCUT2D eigenvalue weighted by atomic mass is 9.84. The number of benzene rings is 1. The van der Waals surface area contributed by atoms with Crippen LogP contribution in [0.1, 0.15) is 35.3 Å². The van der Waals surface area contributed by atoms with Gasteiger partial charge in [-0.1, -0.05) is 12.7 Å². The van der Waals surface area contributed by atoms with Crippen molar-refractivity contribution in [3.63, 3.8) is 0 Å². The Kier molecular flexibility index (Phi) is 2.97. The maximum atomic E-state index is 12.2. The highest BCUT2D eigenvalue weighted by Crippen LogP contribution is 2.42. The first-order valence-electron chi connectivity index (χ1n) is 6.02. The number of carbonyl (C=O) groups excluding carboxylic acids is 2. The van der Waals surface area contributed by atoms with Crippen LogP contribution in [0.3, 0.4) is 0 Å². The molecule has 1 aliphatic heterocycles. The van der Waals surface area contributed by atoms with E-state index in [0.717, 1.165) is 11.3 Å². The Morgan fingerprint density at radius 1 is 1.42 bits per heavy atom. The maximum absolute atomic E-state index is 12.2. The van der Waals surface area contributed by atoms with Crippen LogP contribution >= 0.6 is 0 Å². The molecule has 0 saturated heterocycles. The Hall–Kier alpha value is -2.10. The predicted molar refractivity (Wildman–Crippen MR) is 74.3 cm³/mol. The molecule has 2 rings (SSSR count). The zero-order valence-electron chi connectivity index (χ0n) is 11.6. The van der Waals surface area contributed by atoms with E-state index < -0.39 is 11.4 Å². The standard InChI is InChI=1S/C15H17NO3/c1-6-9-7-11-12(8-10(9)13(17)19-5)16(4)14(18)15(11,2)3/h6-8H,1H2,2-5H3. The third-order valence-corrected chi connectivity index (χ3v) is 3.67. The highest BCUT2D eigenvalue weighted by Gasteiger charge is 2.42. The van der Waals surface area contributed by atoms with Gasteiger partial charge in [-0.15, -0.1) is 0 Å². The van der Waals surface area contributed by atoms with Gasteiger partial charge in [0.1, 0.15) is 0 Å². The Labute approximate surface area is 112 Å². The second kappa shape index (κ2) is 4.23. The molecule has 1 heterocycles. The van der Waals surface area contributed by atoms with Crippen LogP contribution in [-0.4, -0.2) is 26.0 Å². The summed E-state index contributed by atoms with van der Waals surface area (Å²) in [7, 11) is 3.05. The van der Waals surface area contributed by atoms with Crippen LogP contribution < -0.4 is 4.90 Å². The van der Waals surface area contributed by atoms with Gasteiger partial charge in [0, 0.05) is 12.7 Å². The number of likely N-dealkylation sites (N-methyl/N-ethyl adjacent to an activating group) is 1. The van der Waals surface area contributed by atoms with Gasteiger partial charge in [-0.25, -0.2) is 4.79 Å². The van der Waals surface area contributed by atoms with Crippen LogP contribution in [0.2, 0.25) is 0 Å². The van der Waals surface area contributed by atoms with Gasteiger partial charge in [-0.05, 0) is 37.1 Å². The summed E-state index contributed by atoms with van der Waals surface area (Å²) < 4.78 is 4.76. The average molecular weight is 259 g/mol. The van der Waals surface area contributed by atoms with Gasteiger partial charge in [0.05, 0.1) is 18.1 Å². The van der Waals surface area contributed by atoms with Crippen molar-refractivity contribution in [3.8, 4) is 0 Å². The normalized spacial score (nSPS) is 16.2. The van der Waals surface area contributed by atoms with E-state index >= 15 is 0 Å². The van der Waals surface area contributed by atoms with Crippen molar-refractivity contribution in [2.75, 3.05) is 19.1 Å². The molecule has 1 aliphatic rings. The van der Waals surface area contributed by atoms with Crippen molar-refractivity contribution in [2.45, 2.75) is 19.3 Å². The van der Waals surface area contributed by atoms with Crippen molar-refractivity contribution in [2.24, 2.45) is 0 Å². The summed E-state index contributed by atoms with van der Waals surface area (Å²) in [6.07, 6.45) is 1.60. The first kappa shape index (κ1) is 13.3. The minimum absolute atomic E-state index is 0.0135. The molecule has 4 heteroatoms. The van der Waals surface area contributed by atoms with E-state index in [4.69, 9.17) is 4.74 Å². The third-order valence-electron chi connectivity index (χ3n) is 3.67. The minimum atomic E-state index is -0.587. The predicted octanol–water partition coefficient (Wildman–Crippen LogP) is 2.37. The lowest BCUT2D eigenvalue weighted by molar-refractivity contribution is -0.121. The molecular weight excluding hydrogens is 242 g/mol. The number of rotatable bonds is 2. The molecule has 0 aromatic heterocycles. The highest BCUT2D eigenvalue weighted by atomic mass is 16.5. The zero-order valence-corrected chi connectivity index (χ0v) is 11.6. The lowest BCUT2D eigenvalue weighted by Crippen LogP contribution is -2.33. The Bertz CT molecular complexity index is 587. The van der Waals surface area contributed by atoms with Gasteiger partial charge in [0.25, 0.3) is 0 Å². The van der Waals surface area contributed by atoms with Crippen molar-refractivity contribution >= 4 is 23.6 Å². The van der Waals surface area contributed by atoms with Gasteiger partial charge >= 0.3 is 5.97 Å². The molecular formula is C15H17NO3. The monoisotopic (exact) mass is 259 g/mol. The fourth-order valence-electron chi connectivity index (χ4n) is 2.48. The molecule has 0 saturated carbocycles. The summed E-state index contributed by atoms with van der Waals surface area (Å²) in [6.45, 7) is 7.47. The number of ether oxygens (including phenoxy) is 1. The maximum Gasteiger partial charge on any atom is 0.338 e. The van der Waals surface area contributed by atoms with Gasteiger partial charge in [-0.2, -0.15) is 0 Å². The third kappa shape index (κ3) is 1.75. The summed E-state index contributed by atoms with van der Waals surface area (Å²) in [4.78, 5) is 25.6. The SMILES string of the molecule is C=Cc1cc2c(cc1C(=O)OC)N(C)C(=O)C2(C)C. The first-order valence-corrected chi connectivity index (χ1v) is 6.02. The number of anilines is 1. The molecule has 100 valence electrons. The largest absolute Gasteiger partial charge is 0.465 e. The number of hydrogen-bond acceptors (Lipinski definition) is 3. The van der Waals surface area contributed by atoms with Crippen LogP contribution in [0, 0.1) is 0 Å². The van der Waals surface area contributed by atoms with Gasteiger partial charge in [0.2, 0.25) is 5.91 Å². The molecule has 0 aliphatic carbocycles. The van der Waals surface area contributed by atoms with E-state index in [2.05, 4.69) is 6.58 Å². The lowest BCUT2D eigenvalue weighted by Gasteiger charge is -2.16. The number of methoxy groups -OCH3 is 1. The number of hydrogen-bond donors (Lipinski definition) is 0. The summed E-state index contributed by atoms with van der Waals surface area (Å²) >= 11 is 0. The van der Waals surface area contributed by atoms with Crippen LogP contribution in [0.25, 0.3) is 6.08 Å². The van der Waals surface area contributed by atoms with Crippen LogP contribution in [0.4, 0.5) is 5.69 Å². The fourth-order valence-corrected chi connectivity index (χ4v) is 2.48. The number of fused-ring (bicyclic) bond motifs is 1. The van der Waals surface area contributed by atoms with E-state index in [1.54, 1.807) is 24.1 Å². The van der Waals surface area contributed by atoms with Crippen molar-refractivity contribution < 1.29 is 14.3 Å². The van der Waals surface area contributed by atoms with Crippen molar-refractivity contribution in [1.82, 2.24) is 0 Å². The molecule has 1 aromatic rings. The van der Waals surface area contributed by atoms with E-state index in [1.165, 1.54) is 7.11 Å². The number of nitrogens with zero attached hydrogens (tertiary/aromatic N) is 1. The quantitative estimate of drug-likeness (QED) is 0.766. The van der Waals surface area contributed by atoms with E-state index in [1.807, 2.05) is 19.9 Å². The first-order chi connectivity index (χ1) is 8.84.